The van der Waals surface area contributed by atoms with E-state index < -0.39 is 0 Å². The van der Waals surface area contributed by atoms with Crippen molar-refractivity contribution in [3.8, 4) is 5.75 Å². The highest BCUT2D eigenvalue weighted by molar-refractivity contribution is 5.95. The van der Waals surface area contributed by atoms with Crippen LogP contribution in [0.15, 0.2) is 29.3 Å². The number of ether oxygens (including phenoxy) is 3. The highest BCUT2D eigenvalue weighted by Gasteiger charge is 2.07. The van der Waals surface area contributed by atoms with Gasteiger partial charge in [-0.3, -0.25) is 4.79 Å². The smallest absolute Gasteiger partial charge is 0.314 e. The van der Waals surface area contributed by atoms with Gasteiger partial charge in [-0.15, -0.1) is 0 Å². The first-order valence-corrected chi connectivity index (χ1v) is 5.02. The highest BCUT2D eigenvalue weighted by Crippen LogP contribution is 2.18. The summed E-state index contributed by atoms with van der Waals surface area (Å²) in [6, 6.07) is 7.11. The zero-order chi connectivity index (χ0) is 12.7. The fraction of sp³-hybridized carbons (Fsp3) is 0.333. The fourth-order valence-corrected chi connectivity index (χ4v) is 1.15. The maximum atomic E-state index is 11.1. The van der Waals surface area contributed by atoms with E-state index in [1.807, 2.05) is 0 Å². The molecule has 5 nitrogen and oxygen atoms in total. The molecule has 1 aromatic carbocycles. The average molecular weight is 237 g/mol. The van der Waals surface area contributed by atoms with E-state index in [9.17, 15) is 4.79 Å². The van der Waals surface area contributed by atoms with Gasteiger partial charge in [0.1, 0.15) is 12.2 Å². The topological polar surface area (TPSA) is 57.1 Å². The van der Waals surface area contributed by atoms with Crippen LogP contribution in [0.1, 0.15) is 6.42 Å². The summed E-state index contributed by atoms with van der Waals surface area (Å²) in [7, 11) is 4.38. The van der Waals surface area contributed by atoms with Crippen molar-refractivity contribution in [2.45, 2.75) is 6.42 Å². The van der Waals surface area contributed by atoms with Gasteiger partial charge in [0.15, 0.2) is 5.90 Å². The second-order valence-electron chi connectivity index (χ2n) is 3.16. The van der Waals surface area contributed by atoms with E-state index in [1.54, 1.807) is 31.4 Å². The normalized spacial score (nSPS) is 10.9. The Morgan fingerprint density at radius 1 is 1.12 bits per heavy atom. The van der Waals surface area contributed by atoms with Gasteiger partial charge in [0.05, 0.1) is 27.0 Å². The molecule has 0 N–H and O–H groups in total. The maximum absolute atomic E-state index is 11.1. The van der Waals surface area contributed by atoms with Crippen LogP contribution in [-0.2, 0) is 14.3 Å². The Kier molecular flexibility index (Phi) is 5.00. The average Bonchev–Trinajstić information content (AvgIpc) is 2.38. The van der Waals surface area contributed by atoms with E-state index in [2.05, 4.69) is 9.73 Å². The molecule has 0 saturated heterocycles. The number of hydrogen-bond acceptors (Lipinski definition) is 5. The Morgan fingerprint density at radius 3 is 2.24 bits per heavy atom. The van der Waals surface area contributed by atoms with Gasteiger partial charge in [-0.1, -0.05) is 0 Å². The monoisotopic (exact) mass is 237 g/mol. The minimum absolute atomic E-state index is 0.0129. The Balaban J connectivity index is 2.78. The lowest BCUT2D eigenvalue weighted by molar-refractivity contribution is -0.139. The van der Waals surface area contributed by atoms with Crippen molar-refractivity contribution in [2.24, 2.45) is 4.99 Å². The quantitative estimate of drug-likeness (QED) is 0.456. The van der Waals surface area contributed by atoms with Crippen LogP contribution in [0.5, 0.6) is 5.75 Å². The maximum Gasteiger partial charge on any atom is 0.314 e. The molecule has 0 aliphatic heterocycles. The van der Waals surface area contributed by atoms with E-state index in [4.69, 9.17) is 9.47 Å². The molecule has 0 aromatic heterocycles. The lowest BCUT2D eigenvalue weighted by Crippen LogP contribution is -2.10. The van der Waals surface area contributed by atoms with Gasteiger partial charge in [0, 0.05) is 0 Å². The molecule has 0 spiro atoms. The van der Waals surface area contributed by atoms with E-state index >= 15 is 0 Å². The summed E-state index contributed by atoms with van der Waals surface area (Å²) in [6.07, 6.45) is 0.0129. The minimum Gasteiger partial charge on any atom is -0.497 e. The molecule has 0 heterocycles. The summed E-state index contributed by atoms with van der Waals surface area (Å²) in [6.45, 7) is 0. The van der Waals surface area contributed by atoms with Crippen LogP contribution in [0, 0.1) is 0 Å². The number of methoxy groups -OCH3 is 3. The summed E-state index contributed by atoms with van der Waals surface area (Å²) in [4.78, 5) is 15.2. The molecule has 0 amide bonds. The van der Waals surface area contributed by atoms with Crippen LogP contribution < -0.4 is 4.74 Å². The molecular formula is C12H15NO4. The Morgan fingerprint density at radius 2 is 1.76 bits per heavy atom. The summed E-state index contributed by atoms with van der Waals surface area (Å²) < 4.78 is 14.6. The Labute approximate surface area is 100 Å². The van der Waals surface area contributed by atoms with Gasteiger partial charge in [0.2, 0.25) is 0 Å². The third-order valence-corrected chi connectivity index (χ3v) is 2.09. The van der Waals surface area contributed by atoms with Crippen molar-refractivity contribution >= 4 is 17.6 Å². The SMILES string of the molecule is COC(=O)CC(=Nc1ccc(OC)cc1)OC. The molecule has 0 unspecified atom stereocenters. The largest absolute Gasteiger partial charge is 0.497 e. The second-order valence-corrected chi connectivity index (χ2v) is 3.16. The summed E-state index contributed by atoms with van der Waals surface area (Å²) in [5.74, 6) is 0.664. The highest BCUT2D eigenvalue weighted by atomic mass is 16.5. The summed E-state index contributed by atoms with van der Waals surface area (Å²) >= 11 is 0. The molecule has 0 atom stereocenters. The first-order valence-electron chi connectivity index (χ1n) is 5.02. The van der Waals surface area contributed by atoms with Crippen molar-refractivity contribution in [1.82, 2.24) is 0 Å². The predicted octanol–water partition coefficient (Wildman–Crippen LogP) is 1.93. The van der Waals surface area contributed by atoms with Crippen molar-refractivity contribution < 1.29 is 19.0 Å². The van der Waals surface area contributed by atoms with Gasteiger partial charge in [0.25, 0.3) is 0 Å². The van der Waals surface area contributed by atoms with E-state index in [0.717, 1.165) is 5.75 Å². The van der Waals surface area contributed by atoms with Gasteiger partial charge in [-0.05, 0) is 24.3 Å². The van der Waals surface area contributed by atoms with Crippen LogP contribution in [-0.4, -0.2) is 33.2 Å². The number of carbonyl (C=O) groups is 1. The van der Waals surface area contributed by atoms with E-state index in [0.29, 0.717) is 11.6 Å². The van der Waals surface area contributed by atoms with Crippen LogP contribution >= 0.6 is 0 Å². The number of esters is 1. The molecule has 0 aliphatic rings. The standard InChI is InChI=1S/C12H15NO4/c1-15-10-6-4-9(5-7-10)13-11(16-2)8-12(14)17-3/h4-7H,8H2,1-3H3. The molecule has 0 fully saturated rings. The van der Waals surface area contributed by atoms with Gasteiger partial charge < -0.3 is 14.2 Å². The van der Waals surface area contributed by atoms with Crippen molar-refractivity contribution in [2.75, 3.05) is 21.3 Å². The third kappa shape index (κ3) is 4.14. The Hall–Kier alpha value is -2.04. The molecule has 1 rings (SSSR count). The van der Waals surface area contributed by atoms with Crippen LogP contribution in [0.2, 0.25) is 0 Å². The molecule has 0 saturated carbocycles. The summed E-state index contributed by atoms with van der Waals surface area (Å²) in [5.41, 5.74) is 0.687. The van der Waals surface area contributed by atoms with Crippen LogP contribution in [0.3, 0.4) is 0 Å². The van der Waals surface area contributed by atoms with Crippen molar-refractivity contribution in [1.29, 1.82) is 0 Å². The van der Waals surface area contributed by atoms with E-state index in [-0.39, 0.29) is 12.4 Å². The van der Waals surface area contributed by atoms with E-state index in [1.165, 1.54) is 14.2 Å². The first kappa shape index (κ1) is 13.0. The van der Waals surface area contributed by atoms with Gasteiger partial charge in [-0.25, -0.2) is 4.99 Å². The molecule has 92 valence electrons. The van der Waals surface area contributed by atoms with Crippen LogP contribution in [0.4, 0.5) is 5.69 Å². The molecule has 5 heteroatoms. The molecule has 1 aromatic rings. The van der Waals surface area contributed by atoms with Gasteiger partial charge in [-0.2, -0.15) is 0 Å². The van der Waals surface area contributed by atoms with Crippen LogP contribution in [0.25, 0.3) is 0 Å². The number of nitrogens with zero attached hydrogens (tertiary/aromatic N) is 1. The number of rotatable bonds is 4. The molecule has 0 radical (unpaired) electrons. The second kappa shape index (κ2) is 6.52. The zero-order valence-electron chi connectivity index (χ0n) is 10.1. The zero-order valence-corrected chi connectivity index (χ0v) is 10.1. The minimum atomic E-state index is -0.390. The van der Waals surface area contributed by atoms with Crippen molar-refractivity contribution in [3.63, 3.8) is 0 Å². The lowest BCUT2D eigenvalue weighted by atomic mass is 10.3. The lowest BCUT2D eigenvalue weighted by Gasteiger charge is -2.04. The fourth-order valence-electron chi connectivity index (χ4n) is 1.15. The van der Waals surface area contributed by atoms with Crippen molar-refractivity contribution in [3.05, 3.63) is 24.3 Å². The predicted molar refractivity (Wildman–Crippen MR) is 63.7 cm³/mol. The number of aliphatic imine (C=N–C) groups is 1. The van der Waals surface area contributed by atoms with Gasteiger partial charge >= 0.3 is 5.97 Å². The number of carbonyl (C=O) groups excluding carboxylic acids is 1. The molecule has 0 aliphatic carbocycles. The Bertz CT molecular complexity index is 397. The number of hydrogen-bond donors (Lipinski definition) is 0. The molecule has 17 heavy (non-hydrogen) atoms. The molecular weight excluding hydrogens is 222 g/mol. The first-order chi connectivity index (χ1) is 8.19. The third-order valence-electron chi connectivity index (χ3n) is 2.09. The number of benzene rings is 1. The molecule has 0 bridgehead atoms. The summed E-state index contributed by atoms with van der Waals surface area (Å²) in [5, 5.41) is 0.